The second-order valence-electron chi connectivity index (χ2n) is 5.17. The summed E-state index contributed by atoms with van der Waals surface area (Å²) in [6.45, 7) is 1.70. The van der Waals surface area contributed by atoms with Crippen molar-refractivity contribution in [3.05, 3.63) is 47.2 Å². The van der Waals surface area contributed by atoms with E-state index in [0.29, 0.717) is 27.9 Å². The lowest BCUT2D eigenvalue weighted by atomic mass is 10.1. The molecule has 0 radical (unpaired) electrons. The number of methoxy groups -OCH3 is 2. The third-order valence-electron chi connectivity index (χ3n) is 3.67. The van der Waals surface area contributed by atoms with E-state index in [1.165, 1.54) is 0 Å². The van der Waals surface area contributed by atoms with E-state index in [-0.39, 0.29) is 0 Å². The van der Waals surface area contributed by atoms with Crippen LogP contribution in [0.4, 0.5) is 0 Å². The van der Waals surface area contributed by atoms with Crippen LogP contribution in [0.5, 0.6) is 11.5 Å². The first kappa shape index (κ1) is 15.6. The maximum atomic E-state index is 10.2. The van der Waals surface area contributed by atoms with Gasteiger partial charge in [0, 0.05) is 11.8 Å². The average Bonchev–Trinajstić information content (AvgIpc) is 2.92. The Morgan fingerprint density at radius 2 is 1.87 bits per heavy atom. The van der Waals surface area contributed by atoms with Gasteiger partial charge in [-0.25, -0.2) is 4.98 Å². The van der Waals surface area contributed by atoms with Gasteiger partial charge in [0.2, 0.25) is 0 Å². The van der Waals surface area contributed by atoms with Crippen LogP contribution in [0.25, 0.3) is 16.9 Å². The van der Waals surface area contributed by atoms with Crippen LogP contribution in [0.3, 0.4) is 0 Å². The van der Waals surface area contributed by atoms with Crippen LogP contribution in [-0.2, 0) is 0 Å². The molecular weight excluding hydrogens is 316 g/mol. The molecule has 5 nitrogen and oxygen atoms in total. The van der Waals surface area contributed by atoms with E-state index >= 15 is 0 Å². The first-order valence-corrected chi connectivity index (χ1v) is 7.51. The highest BCUT2D eigenvalue weighted by Gasteiger charge is 2.19. The molecule has 1 atom stereocenters. The lowest BCUT2D eigenvalue weighted by Crippen LogP contribution is -1.99. The number of hydrogen-bond donors (Lipinski definition) is 1. The van der Waals surface area contributed by atoms with Gasteiger partial charge < -0.3 is 14.6 Å². The van der Waals surface area contributed by atoms with E-state index in [1.807, 2.05) is 24.3 Å². The zero-order chi connectivity index (χ0) is 16.6. The molecule has 6 heteroatoms. The molecule has 3 rings (SSSR count). The Balaban J connectivity index is 2.25. The van der Waals surface area contributed by atoms with Crippen molar-refractivity contribution in [1.82, 2.24) is 9.38 Å². The summed E-state index contributed by atoms with van der Waals surface area (Å²) >= 11 is 6.07. The van der Waals surface area contributed by atoms with Gasteiger partial charge >= 0.3 is 0 Å². The number of hydrogen-bond acceptors (Lipinski definition) is 4. The van der Waals surface area contributed by atoms with Crippen molar-refractivity contribution in [3.63, 3.8) is 0 Å². The van der Waals surface area contributed by atoms with Crippen LogP contribution in [0, 0.1) is 0 Å². The van der Waals surface area contributed by atoms with Gasteiger partial charge in [-0.1, -0.05) is 11.6 Å². The van der Waals surface area contributed by atoms with E-state index in [0.717, 1.165) is 11.2 Å². The molecule has 3 aromatic rings. The van der Waals surface area contributed by atoms with E-state index in [1.54, 1.807) is 37.8 Å². The fourth-order valence-electron chi connectivity index (χ4n) is 2.63. The Hall–Kier alpha value is -2.24. The molecule has 0 saturated carbocycles. The normalized spacial score (nSPS) is 12.4. The van der Waals surface area contributed by atoms with Gasteiger partial charge in [-0.05, 0) is 37.3 Å². The van der Waals surface area contributed by atoms with Crippen molar-refractivity contribution < 1.29 is 14.6 Å². The molecule has 23 heavy (non-hydrogen) atoms. The van der Waals surface area contributed by atoms with Gasteiger partial charge in [-0.2, -0.15) is 0 Å². The number of aliphatic hydroxyl groups is 1. The summed E-state index contributed by atoms with van der Waals surface area (Å²) in [5.41, 5.74) is 2.91. The molecule has 1 unspecified atom stereocenters. The molecule has 0 fully saturated rings. The van der Waals surface area contributed by atoms with Gasteiger partial charge in [-0.15, -0.1) is 0 Å². The summed E-state index contributed by atoms with van der Waals surface area (Å²) in [6, 6.07) is 9.13. The summed E-state index contributed by atoms with van der Waals surface area (Å²) in [7, 11) is 3.17. The smallest absolute Gasteiger partial charge is 0.161 e. The van der Waals surface area contributed by atoms with Gasteiger partial charge in [0.05, 0.1) is 36.7 Å². The fourth-order valence-corrected chi connectivity index (χ4v) is 2.79. The number of pyridine rings is 1. The summed E-state index contributed by atoms with van der Waals surface area (Å²) in [4.78, 5) is 4.62. The van der Waals surface area contributed by atoms with Gasteiger partial charge in [0.1, 0.15) is 5.65 Å². The highest BCUT2D eigenvalue weighted by molar-refractivity contribution is 6.30. The van der Waals surface area contributed by atoms with Crippen LogP contribution >= 0.6 is 11.6 Å². The molecule has 0 aliphatic rings. The topological polar surface area (TPSA) is 56.0 Å². The maximum Gasteiger partial charge on any atom is 0.161 e. The molecule has 120 valence electrons. The molecule has 2 heterocycles. The number of imidazole rings is 1. The van der Waals surface area contributed by atoms with Crippen molar-refractivity contribution in [2.24, 2.45) is 0 Å². The number of rotatable bonds is 4. The lowest BCUT2D eigenvalue weighted by Gasteiger charge is -2.11. The minimum Gasteiger partial charge on any atom is -0.493 e. The monoisotopic (exact) mass is 332 g/mol. The molecule has 0 bridgehead atoms. The van der Waals surface area contributed by atoms with Crippen LogP contribution in [0.2, 0.25) is 5.02 Å². The summed E-state index contributed by atoms with van der Waals surface area (Å²) in [5, 5.41) is 10.8. The van der Waals surface area contributed by atoms with Crippen LogP contribution in [0.15, 0.2) is 36.5 Å². The first-order chi connectivity index (χ1) is 11.0. The predicted octanol–water partition coefficient (Wildman–Crippen LogP) is 3.73. The minimum absolute atomic E-state index is 0.579. The summed E-state index contributed by atoms with van der Waals surface area (Å²) < 4.78 is 12.4. The number of nitrogens with zero attached hydrogens (tertiary/aromatic N) is 2. The quantitative estimate of drug-likeness (QED) is 0.791. The third-order valence-corrected chi connectivity index (χ3v) is 3.90. The number of fused-ring (bicyclic) bond motifs is 1. The van der Waals surface area contributed by atoms with Crippen molar-refractivity contribution in [2.45, 2.75) is 13.0 Å². The van der Waals surface area contributed by atoms with E-state index in [2.05, 4.69) is 4.98 Å². The molecule has 0 amide bonds. The number of aromatic nitrogens is 2. The van der Waals surface area contributed by atoms with Crippen LogP contribution in [-0.4, -0.2) is 28.7 Å². The second kappa shape index (κ2) is 6.10. The van der Waals surface area contributed by atoms with E-state index in [9.17, 15) is 5.11 Å². The molecular formula is C17H17ClN2O3. The Bertz CT molecular complexity index is 858. The molecule has 0 aliphatic heterocycles. The van der Waals surface area contributed by atoms with Crippen LogP contribution < -0.4 is 9.47 Å². The van der Waals surface area contributed by atoms with Gasteiger partial charge in [0.25, 0.3) is 0 Å². The minimum atomic E-state index is -0.702. The van der Waals surface area contributed by atoms with Crippen molar-refractivity contribution in [1.29, 1.82) is 0 Å². The lowest BCUT2D eigenvalue weighted by molar-refractivity contribution is 0.194. The molecule has 0 aliphatic carbocycles. The zero-order valence-corrected chi connectivity index (χ0v) is 13.8. The van der Waals surface area contributed by atoms with Crippen molar-refractivity contribution >= 4 is 17.2 Å². The highest BCUT2D eigenvalue weighted by atomic mass is 35.5. The second-order valence-corrected chi connectivity index (χ2v) is 5.60. The maximum absolute atomic E-state index is 10.2. The highest BCUT2D eigenvalue weighted by Crippen LogP contribution is 2.35. The molecule has 0 saturated heterocycles. The number of halogens is 1. The Morgan fingerprint density at radius 3 is 2.52 bits per heavy atom. The summed E-state index contributed by atoms with van der Waals surface area (Å²) in [6.07, 6.45) is 1.04. The molecule has 0 spiro atoms. The van der Waals surface area contributed by atoms with E-state index in [4.69, 9.17) is 21.1 Å². The number of benzene rings is 1. The van der Waals surface area contributed by atoms with Gasteiger partial charge in [-0.3, -0.25) is 4.40 Å². The number of aliphatic hydroxyl groups excluding tert-OH is 1. The standard InChI is InChI=1S/C17H17ClN2O3/c1-10(21)17-16(19-15-7-5-12(18)9-20(15)17)11-4-6-13(22-2)14(8-11)23-3/h4-10,21H,1-3H3. The Morgan fingerprint density at radius 1 is 1.13 bits per heavy atom. The van der Waals surface area contributed by atoms with E-state index < -0.39 is 6.10 Å². The Labute approximate surface area is 139 Å². The molecule has 1 aromatic carbocycles. The van der Waals surface area contributed by atoms with Crippen molar-refractivity contribution in [2.75, 3.05) is 14.2 Å². The molecule has 2 aromatic heterocycles. The predicted molar refractivity (Wildman–Crippen MR) is 89.4 cm³/mol. The molecule has 1 N–H and O–H groups in total. The third kappa shape index (κ3) is 2.73. The zero-order valence-electron chi connectivity index (χ0n) is 13.1. The fraction of sp³-hybridized carbons (Fsp3) is 0.235. The van der Waals surface area contributed by atoms with Crippen LogP contribution in [0.1, 0.15) is 18.7 Å². The SMILES string of the molecule is COc1ccc(-c2nc3ccc(Cl)cn3c2C(C)O)cc1OC. The van der Waals surface area contributed by atoms with Gasteiger partial charge in [0.15, 0.2) is 11.5 Å². The number of ether oxygens (including phenoxy) is 2. The Kier molecular flexibility index (Phi) is 4.15. The largest absolute Gasteiger partial charge is 0.493 e. The average molecular weight is 333 g/mol. The van der Waals surface area contributed by atoms with Crippen molar-refractivity contribution in [3.8, 4) is 22.8 Å². The first-order valence-electron chi connectivity index (χ1n) is 7.13. The summed E-state index contributed by atoms with van der Waals surface area (Å²) in [5.74, 6) is 1.25.